The van der Waals surface area contributed by atoms with Gasteiger partial charge in [-0.05, 0) is 19.3 Å². The van der Waals surface area contributed by atoms with E-state index in [0.717, 1.165) is 25.7 Å². The lowest BCUT2D eigenvalue weighted by Crippen LogP contribution is -2.42. The summed E-state index contributed by atoms with van der Waals surface area (Å²) in [5.74, 6) is -0.0335. The topological polar surface area (TPSA) is 102 Å². The molecule has 0 aromatic carbocycles. The number of hydrogen-bond donors (Lipinski definition) is 2. The van der Waals surface area contributed by atoms with E-state index in [9.17, 15) is 9.59 Å². The standard InChI is InChI=1S/C16H25N5O3/c17-13-3-1-2-12(8-13)16(23)19-14-9-18-21(10-14)11-15(22)20-4-6-24-7-5-20/h9-10,12-13H,1-8,11,17H2,(H,19,23). The average Bonchev–Trinajstić information content (AvgIpc) is 3.02. The highest BCUT2D eigenvalue weighted by molar-refractivity contribution is 5.92. The zero-order valence-electron chi connectivity index (χ0n) is 13.8. The normalized spacial score (nSPS) is 24.6. The van der Waals surface area contributed by atoms with Crippen LogP contribution in [-0.2, 0) is 20.9 Å². The quantitative estimate of drug-likeness (QED) is 0.818. The molecule has 2 unspecified atom stereocenters. The monoisotopic (exact) mass is 335 g/mol. The molecular weight excluding hydrogens is 310 g/mol. The van der Waals surface area contributed by atoms with Crippen molar-refractivity contribution in [3.8, 4) is 0 Å². The maximum absolute atomic E-state index is 12.3. The number of morpholine rings is 1. The lowest BCUT2D eigenvalue weighted by Gasteiger charge is -2.26. The summed E-state index contributed by atoms with van der Waals surface area (Å²) in [7, 11) is 0. The molecule has 8 heteroatoms. The Labute approximate surface area is 141 Å². The van der Waals surface area contributed by atoms with Crippen molar-refractivity contribution in [1.82, 2.24) is 14.7 Å². The van der Waals surface area contributed by atoms with Gasteiger partial charge in [0.2, 0.25) is 11.8 Å². The molecule has 1 saturated heterocycles. The maximum Gasteiger partial charge on any atom is 0.244 e. The van der Waals surface area contributed by atoms with Gasteiger partial charge in [0.05, 0.1) is 25.1 Å². The number of rotatable bonds is 4. The average molecular weight is 335 g/mol. The first kappa shape index (κ1) is 16.9. The molecule has 1 aromatic heterocycles. The van der Waals surface area contributed by atoms with Crippen LogP contribution < -0.4 is 11.1 Å². The summed E-state index contributed by atoms with van der Waals surface area (Å²) in [4.78, 5) is 26.3. The van der Waals surface area contributed by atoms with E-state index in [2.05, 4.69) is 10.4 Å². The van der Waals surface area contributed by atoms with Crippen LogP contribution in [0.2, 0.25) is 0 Å². The molecule has 8 nitrogen and oxygen atoms in total. The molecule has 2 amide bonds. The van der Waals surface area contributed by atoms with Crippen molar-refractivity contribution >= 4 is 17.5 Å². The van der Waals surface area contributed by atoms with Crippen LogP contribution >= 0.6 is 0 Å². The van der Waals surface area contributed by atoms with Crippen molar-refractivity contribution in [2.24, 2.45) is 11.7 Å². The Morgan fingerprint density at radius 3 is 2.88 bits per heavy atom. The fourth-order valence-corrected chi connectivity index (χ4v) is 3.28. The molecule has 2 aliphatic rings. The van der Waals surface area contributed by atoms with Gasteiger partial charge < -0.3 is 20.7 Å². The van der Waals surface area contributed by atoms with Crippen LogP contribution in [0.1, 0.15) is 25.7 Å². The zero-order valence-corrected chi connectivity index (χ0v) is 13.8. The molecule has 1 aromatic rings. The van der Waals surface area contributed by atoms with Crippen molar-refractivity contribution in [1.29, 1.82) is 0 Å². The van der Waals surface area contributed by atoms with E-state index < -0.39 is 0 Å². The van der Waals surface area contributed by atoms with Crippen molar-refractivity contribution in [3.05, 3.63) is 12.4 Å². The first-order valence-corrected chi connectivity index (χ1v) is 8.56. The van der Waals surface area contributed by atoms with E-state index >= 15 is 0 Å². The summed E-state index contributed by atoms with van der Waals surface area (Å²) in [6.45, 7) is 2.56. The summed E-state index contributed by atoms with van der Waals surface area (Å²) < 4.78 is 6.80. The molecule has 1 aliphatic heterocycles. The van der Waals surface area contributed by atoms with Gasteiger partial charge in [-0.1, -0.05) is 6.42 Å². The van der Waals surface area contributed by atoms with Gasteiger partial charge >= 0.3 is 0 Å². The summed E-state index contributed by atoms with van der Waals surface area (Å²) in [5, 5.41) is 7.05. The number of carbonyl (C=O) groups is 2. The van der Waals surface area contributed by atoms with Crippen LogP contribution in [0.15, 0.2) is 12.4 Å². The fraction of sp³-hybridized carbons (Fsp3) is 0.688. The highest BCUT2D eigenvalue weighted by Crippen LogP contribution is 2.24. The second kappa shape index (κ2) is 7.76. The molecular formula is C16H25N5O3. The first-order valence-electron chi connectivity index (χ1n) is 8.56. The molecule has 3 rings (SSSR count). The molecule has 0 radical (unpaired) electrons. The zero-order chi connectivity index (χ0) is 16.9. The molecule has 3 N–H and O–H groups in total. The number of hydrogen-bond acceptors (Lipinski definition) is 5. The number of nitrogens with one attached hydrogen (secondary N) is 1. The van der Waals surface area contributed by atoms with E-state index in [1.807, 2.05) is 0 Å². The first-order chi connectivity index (χ1) is 11.6. The maximum atomic E-state index is 12.3. The lowest BCUT2D eigenvalue weighted by molar-refractivity contribution is -0.136. The molecule has 132 valence electrons. The SMILES string of the molecule is NC1CCCC(C(=O)Nc2cnn(CC(=O)N3CCOCC3)c2)C1. The molecule has 2 atom stereocenters. The van der Waals surface area contributed by atoms with Crippen LogP contribution in [-0.4, -0.2) is 58.8 Å². The van der Waals surface area contributed by atoms with Crippen LogP contribution in [0.25, 0.3) is 0 Å². The Balaban J connectivity index is 1.51. The second-order valence-corrected chi connectivity index (χ2v) is 6.53. The van der Waals surface area contributed by atoms with Gasteiger partial charge in [0.25, 0.3) is 0 Å². The van der Waals surface area contributed by atoms with E-state index in [0.29, 0.717) is 32.0 Å². The predicted octanol–water partition coefficient (Wildman–Crippen LogP) is 0.198. The number of carbonyl (C=O) groups excluding carboxylic acids is 2. The largest absolute Gasteiger partial charge is 0.378 e. The Morgan fingerprint density at radius 1 is 1.33 bits per heavy atom. The number of nitrogens with zero attached hydrogens (tertiary/aromatic N) is 3. The van der Waals surface area contributed by atoms with Gasteiger partial charge in [0.15, 0.2) is 0 Å². The lowest BCUT2D eigenvalue weighted by atomic mass is 9.85. The van der Waals surface area contributed by atoms with Crippen LogP contribution in [0.4, 0.5) is 5.69 Å². The van der Waals surface area contributed by atoms with E-state index in [-0.39, 0.29) is 30.3 Å². The molecule has 24 heavy (non-hydrogen) atoms. The Bertz CT molecular complexity index is 582. The summed E-state index contributed by atoms with van der Waals surface area (Å²) in [5.41, 5.74) is 6.56. The number of ether oxygens (including phenoxy) is 1. The van der Waals surface area contributed by atoms with Gasteiger partial charge in [-0.25, -0.2) is 0 Å². The van der Waals surface area contributed by atoms with Crippen molar-refractivity contribution in [2.45, 2.75) is 38.3 Å². The van der Waals surface area contributed by atoms with Crippen LogP contribution in [0, 0.1) is 5.92 Å². The van der Waals surface area contributed by atoms with E-state index in [4.69, 9.17) is 10.5 Å². The third-order valence-electron chi connectivity index (χ3n) is 4.65. The molecule has 1 saturated carbocycles. The Morgan fingerprint density at radius 2 is 2.12 bits per heavy atom. The molecule has 0 spiro atoms. The molecule has 0 bridgehead atoms. The van der Waals surface area contributed by atoms with E-state index in [1.165, 1.54) is 0 Å². The Hall–Kier alpha value is -1.93. The van der Waals surface area contributed by atoms with Crippen molar-refractivity contribution in [3.63, 3.8) is 0 Å². The second-order valence-electron chi connectivity index (χ2n) is 6.53. The van der Waals surface area contributed by atoms with Crippen molar-refractivity contribution < 1.29 is 14.3 Å². The third kappa shape index (κ3) is 4.33. The van der Waals surface area contributed by atoms with E-state index in [1.54, 1.807) is 22.0 Å². The highest BCUT2D eigenvalue weighted by Gasteiger charge is 2.25. The van der Waals surface area contributed by atoms with Gasteiger partial charge in [0, 0.05) is 31.2 Å². The predicted molar refractivity (Wildman–Crippen MR) is 88.2 cm³/mol. The van der Waals surface area contributed by atoms with Gasteiger partial charge in [0.1, 0.15) is 6.54 Å². The van der Waals surface area contributed by atoms with Crippen LogP contribution in [0.3, 0.4) is 0 Å². The minimum atomic E-state index is -0.0351. The number of aromatic nitrogens is 2. The van der Waals surface area contributed by atoms with Gasteiger partial charge in [-0.15, -0.1) is 0 Å². The Kier molecular flexibility index (Phi) is 5.47. The van der Waals surface area contributed by atoms with Crippen molar-refractivity contribution in [2.75, 3.05) is 31.6 Å². The van der Waals surface area contributed by atoms with Gasteiger partial charge in [-0.2, -0.15) is 5.10 Å². The fourth-order valence-electron chi connectivity index (χ4n) is 3.28. The summed E-state index contributed by atoms with van der Waals surface area (Å²) >= 11 is 0. The smallest absolute Gasteiger partial charge is 0.244 e. The minimum absolute atomic E-state index is 0.00999. The van der Waals surface area contributed by atoms with Crippen LogP contribution in [0.5, 0.6) is 0 Å². The van der Waals surface area contributed by atoms with Gasteiger partial charge in [-0.3, -0.25) is 14.3 Å². The number of amides is 2. The summed E-state index contributed by atoms with van der Waals surface area (Å²) in [6.07, 6.45) is 6.86. The molecule has 1 aliphatic carbocycles. The number of nitrogens with two attached hydrogens (primary N) is 1. The molecule has 2 fully saturated rings. The highest BCUT2D eigenvalue weighted by atomic mass is 16.5. The summed E-state index contributed by atoms with van der Waals surface area (Å²) in [6, 6.07) is 0.114. The minimum Gasteiger partial charge on any atom is -0.378 e. The number of anilines is 1. The third-order valence-corrected chi connectivity index (χ3v) is 4.65. The molecule has 2 heterocycles.